The van der Waals surface area contributed by atoms with Crippen molar-refractivity contribution in [3.8, 4) is 0 Å². The van der Waals surface area contributed by atoms with Crippen molar-refractivity contribution in [2.24, 2.45) is 35.5 Å². The molecule has 1 rings (SSSR count). The molecule has 4 atom stereocenters. The van der Waals surface area contributed by atoms with Crippen molar-refractivity contribution in [3.63, 3.8) is 0 Å². The molecular formula is C25H42O8. The summed E-state index contributed by atoms with van der Waals surface area (Å²) >= 11 is 0. The van der Waals surface area contributed by atoms with Crippen LogP contribution in [0.4, 0.5) is 0 Å². The molecule has 0 amide bonds. The first-order chi connectivity index (χ1) is 15.6. The molecule has 8 nitrogen and oxygen atoms in total. The molecule has 4 N–H and O–H groups in total. The van der Waals surface area contributed by atoms with Crippen molar-refractivity contribution >= 4 is 23.9 Å². The SMILES string of the molecule is CCC1CCC(C)C(CCCCCC(C(=O)O)C(=O)O)C1CCCCCC(C(=O)O)C(=O)O. The minimum Gasteiger partial charge on any atom is -0.481 e. The van der Waals surface area contributed by atoms with Gasteiger partial charge in [0.2, 0.25) is 0 Å². The molecule has 1 aliphatic carbocycles. The first-order valence-corrected chi connectivity index (χ1v) is 12.5. The first-order valence-electron chi connectivity index (χ1n) is 12.5. The molecule has 4 unspecified atom stereocenters. The Balaban J connectivity index is 2.51. The van der Waals surface area contributed by atoms with E-state index in [1.807, 2.05) is 0 Å². The number of carboxylic acids is 4. The lowest BCUT2D eigenvalue weighted by atomic mass is 9.63. The Hall–Kier alpha value is -2.12. The summed E-state index contributed by atoms with van der Waals surface area (Å²) in [5.41, 5.74) is 0. The fraction of sp³-hybridized carbons (Fsp3) is 0.840. The highest BCUT2D eigenvalue weighted by Gasteiger charge is 2.35. The number of unbranched alkanes of at least 4 members (excludes halogenated alkanes) is 4. The standard InChI is InChI=1S/C25H42O8/c1-3-17-15-14-16(2)18(10-6-4-8-12-20(22(26)27)23(28)29)19(17)11-7-5-9-13-21(24(30)31)25(32)33/h16-21H,3-15H2,1-2H3,(H,26,27)(H,28,29)(H,30,31)(H,32,33). The van der Waals surface area contributed by atoms with E-state index in [9.17, 15) is 19.2 Å². The van der Waals surface area contributed by atoms with Gasteiger partial charge in [0.15, 0.2) is 11.8 Å². The molecule has 1 aliphatic rings. The van der Waals surface area contributed by atoms with E-state index in [1.165, 1.54) is 12.8 Å². The van der Waals surface area contributed by atoms with Gasteiger partial charge in [0.25, 0.3) is 0 Å². The lowest BCUT2D eigenvalue weighted by molar-refractivity contribution is -0.156. The summed E-state index contributed by atoms with van der Waals surface area (Å²) < 4.78 is 0. The van der Waals surface area contributed by atoms with Gasteiger partial charge in [-0.1, -0.05) is 65.2 Å². The van der Waals surface area contributed by atoms with Crippen LogP contribution in [-0.2, 0) is 19.2 Å². The molecule has 33 heavy (non-hydrogen) atoms. The van der Waals surface area contributed by atoms with Crippen LogP contribution in [-0.4, -0.2) is 44.3 Å². The van der Waals surface area contributed by atoms with Gasteiger partial charge in [0.1, 0.15) is 0 Å². The minimum absolute atomic E-state index is 0.166. The van der Waals surface area contributed by atoms with Crippen molar-refractivity contribution in [2.75, 3.05) is 0 Å². The normalized spacial score (nSPS) is 23.0. The third kappa shape index (κ3) is 9.72. The second-order valence-corrected chi connectivity index (χ2v) is 9.78. The summed E-state index contributed by atoms with van der Waals surface area (Å²) in [7, 11) is 0. The number of rotatable bonds is 17. The molecule has 0 aromatic carbocycles. The smallest absolute Gasteiger partial charge is 0.317 e. The minimum atomic E-state index is -1.32. The zero-order chi connectivity index (χ0) is 25.0. The maximum absolute atomic E-state index is 11.0. The maximum atomic E-state index is 11.0. The Labute approximate surface area is 196 Å². The van der Waals surface area contributed by atoms with Crippen LogP contribution in [0.15, 0.2) is 0 Å². The van der Waals surface area contributed by atoms with Gasteiger partial charge in [-0.3, -0.25) is 19.2 Å². The molecule has 0 aromatic rings. The quantitative estimate of drug-likeness (QED) is 0.168. The Morgan fingerprint density at radius 2 is 1.09 bits per heavy atom. The monoisotopic (exact) mass is 470 g/mol. The van der Waals surface area contributed by atoms with Gasteiger partial charge in [0.05, 0.1) is 0 Å². The predicted octanol–water partition coefficient (Wildman–Crippen LogP) is 5.15. The Kier molecular flexibility index (Phi) is 13.1. The van der Waals surface area contributed by atoms with E-state index in [0.29, 0.717) is 36.5 Å². The Bertz CT molecular complexity index is 618. The van der Waals surface area contributed by atoms with E-state index in [-0.39, 0.29) is 12.8 Å². The first kappa shape index (κ1) is 28.9. The highest BCUT2D eigenvalue weighted by atomic mass is 16.4. The average Bonchev–Trinajstić information content (AvgIpc) is 2.73. The highest BCUT2D eigenvalue weighted by Crippen LogP contribution is 2.45. The Morgan fingerprint density at radius 3 is 1.48 bits per heavy atom. The number of carboxylic acid groups (broad SMARTS) is 4. The zero-order valence-corrected chi connectivity index (χ0v) is 20.1. The fourth-order valence-electron chi connectivity index (χ4n) is 5.65. The highest BCUT2D eigenvalue weighted by molar-refractivity contribution is 5.93. The van der Waals surface area contributed by atoms with Crippen molar-refractivity contribution < 1.29 is 39.6 Å². The van der Waals surface area contributed by atoms with E-state index in [0.717, 1.165) is 44.9 Å². The molecule has 0 saturated heterocycles. The van der Waals surface area contributed by atoms with Crippen LogP contribution in [0.2, 0.25) is 0 Å². The second-order valence-electron chi connectivity index (χ2n) is 9.78. The maximum Gasteiger partial charge on any atom is 0.317 e. The summed E-state index contributed by atoms with van der Waals surface area (Å²) in [6.45, 7) is 4.53. The summed E-state index contributed by atoms with van der Waals surface area (Å²) in [6, 6.07) is 0. The lowest BCUT2D eigenvalue weighted by Gasteiger charge is -2.42. The number of aliphatic carboxylic acids is 4. The molecule has 0 aromatic heterocycles. The zero-order valence-electron chi connectivity index (χ0n) is 20.1. The third-order valence-electron chi connectivity index (χ3n) is 7.66. The van der Waals surface area contributed by atoms with Crippen LogP contribution in [0.25, 0.3) is 0 Å². The van der Waals surface area contributed by atoms with Crippen LogP contribution >= 0.6 is 0 Å². The number of hydrogen-bond acceptors (Lipinski definition) is 4. The fourth-order valence-corrected chi connectivity index (χ4v) is 5.65. The van der Waals surface area contributed by atoms with Gasteiger partial charge in [-0.25, -0.2) is 0 Å². The van der Waals surface area contributed by atoms with E-state index >= 15 is 0 Å². The largest absolute Gasteiger partial charge is 0.481 e. The van der Waals surface area contributed by atoms with E-state index in [1.54, 1.807) is 0 Å². The molecule has 0 radical (unpaired) electrons. The van der Waals surface area contributed by atoms with Crippen LogP contribution in [0.1, 0.15) is 97.3 Å². The second kappa shape index (κ2) is 14.9. The van der Waals surface area contributed by atoms with Crippen LogP contribution < -0.4 is 0 Å². The summed E-state index contributed by atoms with van der Waals surface area (Å²) in [5, 5.41) is 36.0. The number of hydrogen-bond donors (Lipinski definition) is 4. The van der Waals surface area contributed by atoms with Crippen LogP contribution in [0.5, 0.6) is 0 Å². The van der Waals surface area contributed by atoms with Crippen molar-refractivity contribution in [2.45, 2.75) is 97.3 Å². The van der Waals surface area contributed by atoms with Crippen LogP contribution in [0.3, 0.4) is 0 Å². The van der Waals surface area contributed by atoms with Crippen molar-refractivity contribution in [1.82, 2.24) is 0 Å². The van der Waals surface area contributed by atoms with Gasteiger partial charge in [0, 0.05) is 0 Å². The van der Waals surface area contributed by atoms with Crippen LogP contribution in [0, 0.1) is 35.5 Å². The molecule has 0 aliphatic heterocycles. The molecule has 1 fully saturated rings. The van der Waals surface area contributed by atoms with Crippen molar-refractivity contribution in [3.05, 3.63) is 0 Å². The molecule has 0 bridgehead atoms. The average molecular weight is 471 g/mol. The Morgan fingerprint density at radius 1 is 0.667 bits per heavy atom. The van der Waals surface area contributed by atoms with Gasteiger partial charge in [-0.15, -0.1) is 0 Å². The van der Waals surface area contributed by atoms with Gasteiger partial charge in [-0.05, 0) is 55.8 Å². The molecule has 8 heteroatoms. The lowest BCUT2D eigenvalue weighted by Crippen LogP contribution is -2.33. The molecule has 190 valence electrons. The van der Waals surface area contributed by atoms with E-state index < -0.39 is 35.7 Å². The third-order valence-corrected chi connectivity index (χ3v) is 7.66. The van der Waals surface area contributed by atoms with Gasteiger partial charge >= 0.3 is 23.9 Å². The number of carbonyl (C=O) groups is 4. The summed E-state index contributed by atoms with van der Waals surface area (Å²) in [4.78, 5) is 44.1. The summed E-state index contributed by atoms with van der Waals surface area (Å²) in [5.74, 6) is -5.26. The van der Waals surface area contributed by atoms with E-state index in [4.69, 9.17) is 20.4 Å². The molecule has 0 heterocycles. The van der Waals surface area contributed by atoms with Gasteiger partial charge in [-0.2, -0.15) is 0 Å². The van der Waals surface area contributed by atoms with E-state index in [2.05, 4.69) is 13.8 Å². The topological polar surface area (TPSA) is 149 Å². The molecule has 0 spiro atoms. The molecular weight excluding hydrogens is 428 g/mol. The van der Waals surface area contributed by atoms with Gasteiger partial charge < -0.3 is 20.4 Å². The van der Waals surface area contributed by atoms with Crippen molar-refractivity contribution in [1.29, 1.82) is 0 Å². The summed E-state index contributed by atoms with van der Waals surface area (Å²) in [6.07, 6.45) is 10.8. The molecule has 1 saturated carbocycles. The predicted molar refractivity (Wildman–Crippen MR) is 123 cm³/mol.